The molecule has 1 saturated heterocycles. The van der Waals surface area contributed by atoms with Crippen LogP contribution in [0.3, 0.4) is 0 Å². The Morgan fingerprint density at radius 2 is 1.74 bits per heavy atom. The second kappa shape index (κ2) is 12.2. The predicted octanol–water partition coefficient (Wildman–Crippen LogP) is 5.50. The third kappa shape index (κ3) is 6.03. The van der Waals surface area contributed by atoms with Gasteiger partial charge in [0.1, 0.15) is 6.61 Å². The Kier molecular flexibility index (Phi) is 8.29. The number of rotatable bonds is 11. The Balaban J connectivity index is 1.42. The molecule has 6 nitrogen and oxygen atoms in total. The molecule has 1 N–H and O–H groups in total. The van der Waals surface area contributed by atoms with Gasteiger partial charge in [0.05, 0.1) is 7.11 Å². The maximum Gasteiger partial charge on any atom is 0.220 e. The summed E-state index contributed by atoms with van der Waals surface area (Å²) in [6.07, 6.45) is 5.02. The maximum absolute atomic E-state index is 13.2. The summed E-state index contributed by atoms with van der Waals surface area (Å²) in [7, 11) is 3.71. The SMILES string of the molecule is COc1ccc([C@H](CC(=O)NCCN2CCCC2)c2cn(C)c3ccccc23)cc1OCc1ccccc1. The fourth-order valence-electron chi connectivity index (χ4n) is 5.43. The number of nitrogens with one attached hydrogen (secondary N) is 1. The van der Waals surface area contributed by atoms with Gasteiger partial charge in [0.25, 0.3) is 0 Å². The van der Waals surface area contributed by atoms with E-state index in [-0.39, 0.29) is 11.8 Å². The fourth-order valence-corrected chi connectivity index (χ4v) is 5.43. The first-order valence-corrected chi connectivity index (χ1v) is 13.5. The second-order valence-electron chi connectivity index (χ2n) is 10.1. The number of carbonyl (C=O) groups excluding carboxylic acids is 1. The zero-order valence-corrected chi connectivity index (χ0v) is 22.4. The van der Waals surface area contributed by atoms with Gasteiger partial charge in [0, 0.05) is 49.6 Å². The number of ether oxygens (including phenoxy) is 2. The number of hydrogen-bond acceptors (Lipinski definition) is 4. The van der Waals surface area contributed by atoms with Crippen molar-refractivity contribution in [2.75, 3.05) is 33.3 Å². The van der Waals surface area contributed by atoms with E-state index in [0.29, 0.717) is 31.1 Å². The van der Waals surface area contributed by atoms with Crippen LogP contribution in [-0.4, -0.2) is 48.7 Å². The minimum absolute atomic E-state index is 0.0599. The molecule has 6 heteroatoms. The van der Waals surface area contributed by atoms with Gasteiger partial charge < -0.3 is 24.3 Å². The van der Waals surface area contributed by atoms with E-state index in [1.165, 1.54) is 12.8 Å². The number of para-hydroxylation sites is 1. The van der Waals surface area contributed by atoms with Crippen LogP contribution in [0.15, 0.2) is 79.0 Å². The number of likely N-dealkylation sites (tertiary alicyclic amines) is 1. The molecule has 0 aliphatic carbocycles. The number of carbonyl (C=O) groups is 1. The van der Waals surface area contributed by atoms with E-state index in [4.69, 9.17) is 9.47 Å². The van der Waals surface area contributed by atoms with Crippen LogP contribution in [0.25, 0.3) is 10.9 Å². The third-order valence-electron chi connectivity index (χ3n) is 7.47. The van der Waals surface area contributed by atoms with Crippen molar-refractivity contribution in [3.63, 3.8) is 0 Å². The van der Waals surface area contributed by atoms with Gasteiger partial charge in [-0.3, -0.25) is 4.79 Å². The molecular weight excluding hydrogens is 474 g/mol. The highest BCUT2D eigenvalue weighted by molar-refractivity contribution is 5.86. The summed E-state index contributed by atoms with van der Waals surface area (Å²) < 4.78 is 14.0. The number of nitrogens with zero attached hydrogens (tertiary/aromatic N) is 2. The van der Waals surface area contributed by atoms with Crippen LogP contribution in [-0.2, 0) is 18.4 Å². The van der Waals surface area contributed by atoms with E-state index in [9.17, 15) is 4.79 Å². The average molecular weight is 512 g/mol. The van der Waals surface area contributed by atoms with E-state index in [1.807, 2.05) is 42.5 Å². The zero-order chi connectivity index (χ0) is 26.3. The Morgan fingerprint density at radius 1 is 0.974 bits per heavy atom. The molecule has 0 saturated carbocycles. The van der Waals surface area contributed by atoms with Crippen LogP contribution in [0.5, 0.6) is 11.5 Å². The molecule has 1 atom stereocenters. The number of benzene rings is 3. The van der Waals surface area contributed by atoms with Crippen molar-refractivity contribution in [1.29, 1.82) is 0 Å². The molecule has 0 spiro atoms. The largest absolute Gasteiger partial charge is 0.493 e. The van der Waals surface area contributed by atoms with Crippen molar-refractivity contribution in [2.45, 2.75) is 31.8 Å². The maximum atomic E-state index is 13.2. The predicted molar refractivity (Wildman–Crippen MR) is 152 cm³/mol. The van der Waals surface area contributed by atoms with Gasteiger partial charge in [-0.15, -0.1) is 0 Å². The molecule has 4 aromatic rings. The molecule has 1 aliphatic heterocycles. The smallest absolute Gasteiger partial charge is 0.220 e. The van der Waals surface area contributed by atoms with Crippen LogP contribution >= 0.6 is 0 Å². The molecule has 1 amide bonds. The second-order valence-corrected chi connectivity index (χ2v) is 10.1. The Morgan fingerprint density at radius 3 is 2.53 bits per heavy atom. The van der Waals surface area contributed by atoms with E-state index in [2.05, 4.69) is 58.4 Å². The Hall–Kier alpha value is -3.77. The highest BCUT2D eigenvalue weighted by Crippen LogP contribution is 2.38. The van der Waals surface area contributed by atoms with Crippen LogP contribution in [0.2, 0.25) is 0 Å². The summed E-state index contributed by atoms with van der Waals surface area (Å²) in [4.78, 5) is 15.7. The first-order chi connectivity index (χ1) is 18.6. The van der Waals surface area contributed by atoms with Gasteiger partial charge in [-0.25, -0.2) is 0 Å². The Bertz CT molecular complexity index is 1360. The number of fused-ring (bicyclic) bond motifs is 1. The third-order valence-corrected chi connectivity index (χ3v) is 7.47. The van der Waals surface area contributed by atoms with Gasteiger partial charge in [-0.2, -0.15) is 0 Å². The lowest BCUT2D eigenvalue weighted by atomic mass is 9.87. The molecule has 2 heterocycles. The van der Waals surface area contributed by atoms with Crippen LogP contribution in [0.1, 0.15) is 41.9 Å². The van der Waals surface area contributed by atoms with Gasteiger partial charge in [-0.05, 0) is 60.8 Å². The number of aromatic nitrogens is 1. The summed E-state index contributed by atoms with van der Waals surface area (Å²) in [6, 6.07) is 24.5. The van der Waals surface area contributed by atoms with Gasteiger partial charge in [0.15, 0.2) is 11.5 Å². The molecule has 1 aromatic heterocycles. The summed E-state index contributed by atoms with van der Waals surface area (Å²) in [5, 5.41) is 4.33. The minimum Gasteiger partial charge on any atom is -0.493 e. The minimum atomic E-state index is -0.127. The van der Waals surface area contributed by atoms with E-state index >= 15 is 0 Å². The van der Waals surface area contributed by atoms with Crippen molar-refractivity contribution >= 4 is 16.8 Å². The highest BCUT2D eigenvalue weighted by Gasteiger charge is 2.24. The molecule has 0 unspecified atom stereocenters. The molecule has 0 bridgehead atoms. The van der Waals surface area contributed by atoms with Crippen LogP contribution in [0, 0.1) is 0 Å². The molecule has 3 aromatic carbocycles. The quantitative estimate of drug-likeness (QED) is 0.289. The molecule has 38 heavy (non-hydrogen) atoms. The number of amides is 1. The lowest BCUT2D eigenvalue weighted by Crippen LogP contribution is -2.34. The first-order valence-electron chi connectivity index (χ1n) is 13.5. The van der Waals surface area contributed by atoms with Crippen molar-refractivity contribution in [3.05, 3.63) is 95.7 Å². The topological polar surface area (TPSA) is 55.7 Å². The van der Waals surface area contributed by atoms with Crippen molar-refractivity contribution < 1.29 is 14.3 Å². The molecule has 1 fully saturated rings. The number of methoxy groups -OCH3 is 1. The summed E-state index contributed by atoms with van der Waals surface area (Å²) in [6.45, 7) is 4.29. The van der Waals surface area contributed by atoms with Crippen molar-refractivity contribution in [2.24, 2.45) is 7.05 Å². The highest BCUT2D eigenvalue weighted by atomic mass is 16.5. The van der Waals surface area contributed by atoms with Crippen molar-refractivity contribution in [1.82, 2.24) is 14.8 Å². The van der Waals surface area contributed by atoms with Crippen LogP contribution in [0.4, 0.5) is 0 Å². The normalized spacial score (nSPS) is 14.5. The molecule has 198 valence electrons. The van der Waals surface area contributed by atoms with Crippen LogP contribution < -0.4 is 14.8 Å². The summed E-state index contributed by atoms with van der Waals surface area (Å²) >= 11 is 0. The molecule has 5 rings (SSSR count). The van der Waals surface area contributed by atoms with Gasteiger partial charge in [0.2, 0.25) is 5.91 Å². The van der Waals surface area contributed by atoms with E-state index in [1.54, 1.807) is 7.11 Å². The first kappa shape index (κ1) is 25.9. The van der Waals surface area contributed by atoms with Gasteiger partial charge in [-0.1, -0.05) is 54.6 Å². The zero-order valence-electron chi connectivity index (χ0n) is 22.4. The molecule has 1 aliphatic rings. The number of aryl methyl sites for hydroxylation is 1. The lowest BCUT2D eigenvalue weighted by Gasteiger charge is -2.20. The molecular formula is C32H37N3O3. The lowest BCUT2D eigenvalue weighted by molar-refractivity contribution is -0.121. The Labute approximate surface area is 225 Å². The van der Waals surface area contributed by atoms with E-state index < -0.39 is 0 Å². The monoisotopic (exact) mass is 511 g/mol. The number of hydrogen-bond donors (Lipinski definition) is 1. The van der Waals surface area contributed by atoms with Gasteiger partial charge >= 0.3 is 0 Å². The fraction of sp³-hybridized carbons (Fsp3) is 0.344. The average Bonchev–Trinajstić information content (AvgIpc) is 3.59. The van der Waals surface area contributed by atoms with E-state index in [0.717, 1.165) is 47.2 Å². The summed E-state index contributed by atoms with van der Waals surface area (Å²) in [5.74, 6) is 1.28. The standard InChI is InChI=1S/C32H37N3O3/c1-34-22-28(26-12-6-7-13-29(26)34)27(21-32(36)33-16-19-35-17-8-9-18-35)25-14-15-30(37-2)31(20-25)38-23-24-10-4-3-5-11-24/h3-7,10-15,20,22,27H,8-9,16-19,21,23H2,1-2H3,(H,33,36)/t27-/m0/s1. The van der Waals surface area contributed by atoms with Crippen molar-refractivity contribution in [3.8, 4) is 11.5 Å². The molecule has 0 radical (unpaired) electrons. The summed E-state index contributed by atoms with van der Waals surface area (Å²) in [5.41, 5.74) is 4.40.